The van der Waals surface area contributed by atoms with Crippen molar-refractivity contribution in [3.8, 4) is 17.1 Å². The van der Waals surface area contributed by atoms with E-state index in [-0.39, 0.29) is 34.6 Å². The number of pyridine rings is 1. The van der Waals surface area contributed by atoms with E-state index in [4.69, 9.17) is 21.3 Å². The Balaban J connectivity index is 1.48. The molecule has 0 N–H and O–H groups in total. The number of carbonyl (C=O) groups is 2. The van der Waals surface area contributed by atoms with E-state index in [1.54, 1.807) is 24.4 Å². The van der Waals surface area contributed by atoms with Crippen molar-refractivity contribution in [1.82, 2.24) is 18.8 Å². The molecule has 0 atom stereocenters. The highest BCUT2D eigenvalue weighted by Crippen LogP contribution is 2.37. The van der Waals surface area contributed by atoms with Crippen molar-refractivity contribution in [2.45, 2.75) is 30.7 Å². The molecule has 2 aromatic heterocycles. The van der Waals surface area contributed by atoms with Gasteiger partial charge in [0.25, 0.3) is 0 Å². The summed E-state index contributed by atoms with van der Waals surface area (Å²) in [6.45, 7) is 1.90. The van der Waals surface area contributed by atoms with Gasteiger partial charge in [-0.05, 0) is 55.3 Å². The molecule has 0 spiro atoms. The summed E-state index contributed by atoms with van der Waals surface area (Å²) in [7, 11) is -3.79. The van der Waals surface area contributed by atoms with Gasteiger partial charge in [0, 0.05) is 37.8 Å². The lowest BCUT2D eigenvalue weighted by Gasteiger charge is -2.32. The average Bonchev–Trinajstić information content (AvgIpc) is 3.28. The Bertz CT molecular complexity index is 1610. The number of halogens is 1. The topological polar surface area (TPSA) is 111 Å². The number of rotatable bonds is 6. The van der Waals surface area contributed by atoms with Crippen LogP contribution in [0.15, 0.2) is 65.7 Å². The van der Waals surface area contributed by atoms with Crippen LogP contribution in [0.25, 0.3) is 22.6 Å². The maximum atomic E-state index is 13.3. The van der Waals surface area contributed by atoms with Crippen LogP contribution in [0.1, 0.15) is 36.2 Å². The first-order valence-electron chi connectivity index (χ1n) is 11.6. The van der Waals surface area contributed by atoms with E-state index in [0.717, 1.165) is 0 Å². The molecule has 0 unspecified atom stereocenters. The lowest BCUT2D eigenvalue weighted by Crippen LogP contribution is -2.39. The van der Waals surface area contributed by atoms with Crippen LogP contribution in [-0.4, -0.2) is 52.6 Å². The Hall–Kier alpha value is -3.60. The molecule has 1 aliphatic heterocycles. The summed E-state index contributed by atoms with van der Waals surface area (Å²) in [5.41, 5.74) is 2.25. The first kappa shape index (κ1) is 25.1. The largest absolute Gasteiger partial charge is 0.426 e. The Morgan fingerprint density at radius 1 is 1.11 bits per heavy atom. The molecule has 37 heavy (non-hydrogen) atoms. The highest BCUT2D eigenvalue weighted by Gasteiger charge is 2.32. The van der Waals surface area contributed by atoms with Crippen molar-refractivity contribution in [1.29, 1.82) is 0 Å². The van der Waals surface area contributed by atoms with Gasteiger partial charge < -0.3 is 9.30 Å². The molecule has 0 aliphatic carbocycles. The van der Waals surface area contributed by atoms with Crippen LogP contribution in [0.5, 0.6) is 5.75 Å². The SMILES string of the molecule is CC(=O)Oc1ccccc1-c1nc2cccnc2n1C1CCN(S(=O)(=O)c2ccc(C=O)c(Cl)c2)CC1. The number of aldehydes is 1. The van der Waals surface area contributed by atoms with Gasteiger partial charge in [0.2, 0.25) is 10.0 Å². The van der Waals surface area contributed by atoms with E-state index >= 15 is 0 Å². The third kappa shape index (κ3) is 4.75. The van der Waals surface area contributed by atoms with Crippen molar-refractivity contribution in [3.63, 3.8) is 0 Å². The molecule has 3 heterocycles. The number of esters is 1. The van der Waals surface area contributed by atoms with Crippen molar-refractivity contribution in [2.75, 3.05) is 13.1 Å². The number of imidazole rings is 1. The number of carbonyl (C=O) groups excluding carboxylic acids is 2. The molecule has 5 rings (SSSR count). The fourth-order valence-corrected chi connectivity index (χ4v) is 6.40. The second kappa shape index (κ2) is 10.0. The van der Waals surface area contributed by atoms with Gasteiger partial charge >= 0.3 is 5.97 Å². The number of piperidine rings is 1. The van der Waals surface area contributed by atoms with Gasteiger partial charge in [-0.1, -0.05) is 23.7 Å². The van der Waals surface area contributed by atoms with Gasteiger partial charge in [0.05, 0.1) is 15.5 Å². The maximum absolute atomic E-state index is 13.3. The molecule has 1 saturated heterocycles. The van der Waals surface area contributed by atoms with Crippen LogP contribution in [0.2, 0.25) is 5.02 Å². The maximum Gasteiger partial charge on any atom is 0.308 e. The zero-order chi connectivity index (χ0) is 26.2. The Morgan fingerprint density at radius 3 is 2.57 bits per heavy atom. The molecule has 190 valence electrons. The number of hydrogen-bond donors (Lipinski definition) is 0. The first-order valence-corrected chi connectivity index (χ1v) is 13.5. The summed E-state index contributed by atoms with van der Waals surface area (Å²) in [6, 6.07) is 14.9. The highest BCUT2D eigenvalue weighted by atomic mass is 35.5. The van der Waals surface area contributed by atoms with E-state index in [1.165, 1.54) is 29.4 Å². The van der Waals surface area contributed by atoms with Gasteiger partial charge in [-0.3, -0.25) is 9.59 Å². The van der Waals surface area contributed by atoms with Crippen LogP contribution in [0.4, 0.5) is 0 Å². The van der Waals surface area contributed by atoms with Gasteiger partial charge in [0.1, 0.15) is 17.1 Å². The smallest absolute Gasteiger partial charge is 0.308 e. The number of benzene rings is 2. The number of fused-ring (bicyclic) bond motifs is 1. The molecule has 2 aromatic carbocycles. The van der Waals surface area contributed by atoms with E-state index in [1.807, 2.05) is 22.8 Å². The predicted molar refractivity (Wildman–Crippen MR) is 138 cm³/mol. The van der Waals surface area contributed by atoms with Crippen LogP contribution < -0.4 is 4.74 Å². The van der Waals surface area contributed by atoms with Gasteiger partial charge in [-0.15, -0.1) is 0 Å². The third-order valence-corrected chi connectivity index (χ3v) is 8.58. The Labute approximate surface area is 218 Å². The fraction of sp³-hybridized carbons (Fsp3) is 0.231. The summed E-state index contributed by atoms with van der Waals surface area (Å²) >= 11 is 6.08. The van der Waals surface area contributed by atoms with Gasteiger partial charge in [-0.25, -0.2) is 18.4 Å². The molecular formula is C26H23ClN4O5S. The molecule has 0 saturated carbocycles. The number of para-hydroxylation sites is 1. The van der Waals surface area contributed by atoms with Crippen molar-refractivity contribution in [2.24, 2.45) is 0 Å². The summed E-state index contributed by atoms with van der Waals surface area (Å²) < 4.78 is 35.4. The number of hydrogen-bond acceptors (Lipinski definition) is 7. The summed E-state index contributed by atoms with van der Waals surface area (Å²) in [5.74, 6) is 0.554. The number of nitrogens with zero attached hydrogens (tertiary/aromatic N) is 4. The van der Waals surface area contributed by atoms with E-state index in [9.17, 15) is 18.0 Å². The third-order valence-electron chi connectivity index (χ3n) is 6.36. The number of aromatic nitrogens is 3. The van der Waals surface area contributed by atoms with E-state index in [0.29, 0.717) is 47.4 Å². The minimum Gasteiger partial charge on any atom is -0.426 e. The molecule has 1 fully saturated rings. The molecule has 0 radical (unpaired) electrons. The normalized spacial score (nSPS) is 15.1. The van der Waals surface area contributed by atoms with E-state index < -0.39 is 16.0 Å². The highest BCUT2D eigenvalue weighted by molar-refractivity contribution is 7.89. The van der Waals surface area contributed by atoms with Gasteiger partial charge in [0.15, 0.2) is 11.9 Å². The van der Waals surface area contributed by atoms with Crippen molar-refractivity contribution < 1.29 is 22.7 Å². The van der Waals surface area contributed by atoms with Crippen LogP contribution >= 0.6 is 11.6 Å². The number of ether oxygens (including phenoxy) is 1. The second-order valence-electron chi connectivity index (χ2n) is 8.68. The predicted octanol–water partition coefficient (Wildman–Crippen LogP) is 4.52. The van der Waals surface area contributed by atoms with Crippen LogP contribution in [0.3, 0.4) is 0 Å². The Kier molecular flexibility index (Phi) is 6.80. The first-order chi connectivity index (χ1) is 17.8. The van der Waals surface area contributed by atoms with Crippen LogP contribution in [-0.2, 0) is 14.8 Å². The molecule has 0 amide bonds. The second-order valence-corrected chi connectivity index (χ2v) is 11.0. The van der Waals surface area contributed by atoms with Crippen LogP contribution in [0, 0.1) is 0 Å². The number of sulfonamides is 1. The molecular weight excluding hydrogens is 516 g/mol. The van der Waals surface area contributed by atoms with Crippen molar-refractivity contribution >= 4 is 45.0 Å². The zero-order valence-electron chi connectivity index (χ0n) is 19.9. The quantitative estimate of drug-likeness (QED) is 0.201. The molecule has 1 aliphatic rings. The summed E-state index contributed by atoms with van der Waals surface area (Å²) in [4.78, 5) is 32.2. The van der Waals surface area contributed by atoms with Crippen molar-refractivity contribution in [3.05, 3.63) is 71.4 Å². The minimum atomic E-state index is -3.79. The standard InChI is InChI=1S/C26H23ClN4O5S/c1-17(33)36-24-7-3-2-5-21(24)25-29-23-6-4-12-28-26(23)31(25)19-10-13-30(14-11-19)37(34,35)20-9-8-18(16-32)22(27)15-20/h2-9,12,15-16,19H,10-11,13-14H2,1H3. The lowest BCUT2D eigenvalue weighted by molar-refractivity contribution is -0.131. The molecule has 11 heteroatoms. The fourth-order valence-electron chi connectivity index (χ4n) is 4.61. The summed E-state index contributed by atoms with van der Waals surface area (Å²) in [5, 5.41) is 0.0954. The Morgan fingerprint density at radius 2 is 1.86 bits per heavy atom. The zero-order valence-corrected chi connectivity index (χ0v) is 21.4. The monoisotopic (exact) mass is 538 g/mol. The van der Waals surface area contributed by atoms with E-state index in [2.05, 4.69) is 4.98 Å². The lowest BCUT2D eigenvalue weighted by atomic mass is 10.1. The minimum absolute atomic E-state index is 0.0484. The average molecular weight is 539 g/mol. The molecule has 0 bridgehead atoms. The van der Waals surface area contributed by atoms with Gasteiger partial charge in [-0.2, -0.15) is 4.31 Å². The molecule has 4 aromatic rings. The molecule has 9 nitrogen and oxygen atoms in total. The summed E-state index contributed by atoms with van der Waals surface area (Å²) in [6.07, 6.45) is 3.31.